The monoisotopic (exact) mass is 750 g/mol. The van der Waals surface area contributed by atoms with Gasteiger partial charge in [0.2, 0.25) is 0 Å². The van der Waals surface area contributed by atoms with Gasteiger partial charge < -0.3 is 39.9 Å². The molecule has 0 bridgehead atoms. The zero-order chi connectivity index (χ0) is 37.7. The van der Waals surface area contributed by atoms with Crippen LogP contribution < -0.4 is 0 Å². The summed E-state index contributed by atoms with van der Waals surface area (Å²) in [6, 6.07) is 0. The van der Waals surface area contributed by atoms with Crippen molar-refractivity contribution in [2.75, 3.05) is 19.8 Å². The molecule has 0 heterocycles. The molecule has 0 aromatic heterocycles. The summed E-state index contributed by atoms with van der Waals surface area (Å²) in [5, 5.41) is 49.9. The lowest BCUT2D eigenvalue weighted by Gasteiger charge is -2.41. The Kier molecular flexibility index (Phi) is 28.3. The van der Waals surface area contributed by atoms with Crippen molar-refractivity contribution < 1.29 is 58.3 Å². The van der Waals surface area contributed by atoms with Gasteiger partial charge >= 0.3 is 13.8 Å². The molecule has 0 radical (unpaired) electrons. The molecule has 1 aliphatic carbocycles. The Labute approximate surface area is 307 Å². The Morgan fingerprint density at radius 3 is 1.63 bits per heavy atom. The molecule has 0 amide bonds. The van der Waals surface area contributed by atoms with E-state index < -0.39 is 63.1 Å². The lowest BCUT2D eigenvalue weighted by Crippen LogP contribution is -2.64. The van der Waals surface area contributed by atoms with E-state index in [1.54, 1.807) is 0 Å². The van der Waals surface area contributed by atoms with Crippen molar-refractivity contribution in [3.05, 3.63) is 24.3 Å². The average molecular weight is 751 g/mol. The molecular weight excluding hydrogens is 679 g/mol. The summed E-state index contributed by atoms with van der Waals surface area (Å²) < 4.78 is 33.9. The SMILES string of the molecule is CCC/C=C\CCCCCCCC(=O)OC(COCCCCCCCC/C=C\CCCCCC)COP(=O)(O)OC1C(O)C(O)C(O)C(O)C1O. The first kappa shape index (κ1) is 47.8. The Balaban J connectivity index is 2.47. The largest absolute Gasteiger partial charge is 0.472 e. The van der Waals surface area contributed by atoms with Gasteiger partial charge in [0.1, 0.15) is 42.7 Å². The standard InChI is InChI=1S/C38H71O12P/c1-3-5-7-9-11-13-15-16-17-18-20-22-24-26-28-47-29-31(49-32(39)27-25-23-21-19-14-12-10-8-6-4-2)30-48-51(45,46)50-38-36(43)34(41)33(40)35(42)37(38)44/h8,10,13,15,31,33-38,40-44H,3-7,9,11-12,14,16-30H2,1-2H3,(H,45,46)/b10-8-,15-13-. The summed E-state index contributed by atoms with van der Waals surface area (Å²) in [5.41, 5.74) is 0. The van der Waals surface area contributed by atoms with Crippen LogP contribution in [0.3, 0.4) is 0 Å². The second kappa shape index (κ2) is 30.2. The maximum Gasteiger partial charge on any atom is 0.472 e. The second-order valence-electron chi connectivity index (χ2n) is 13.8. The fraction of sp³-hybridized carbons (Fsp3) is 0.868. The topological polar surface area (TPSA) is 192 Å². The highest BCUT2D eigenvalue weighted by Crippen LogP contribution is 2.47. The van der Waals surface area contributed by atoms with Gasteiger partial charge in [-0.05, 0) is 57.8 Å². The number of allylic oxidation sites excluding steroid dienone is 4. The van der Waals surface area contributed by atoms with E-state index in [1.807, 2.05) is 0 Å². The summed E-state index contributed by atoms with van der Waals surface area (Å²) in [6.45, 7) is 4.13. The number of ether oxygens (including phenoxy) is 2. The van der Waals surface area contributed by atoms with Gasteiger partial charge in [-0.2, -0.15) is 0 Å². The lowest BCUT2D eigenvalue weighted by atomic mass is 9.85. The first-order valence-electron chi connectivity index (χ1n) is 19.7. The number of unbranched alkanes of at least 4 members (excludes halogenated alkanes) is 16. The van der Waals surface area contributed by atoms with E-state index in [0.29, 0.717) is 13.0 Å². The predicted molar refractivity (Wildman–Crippen MR) is 198 cm³/mol. The Morgan fingerprint density at radius 1 is 0.608 bits per heavy atom. The molecule has 0 aromatic rings. The van der Waals surface area contributed by atoms with Crippen molar-refractivity contribution >= 4 is 13.8 Å². The van der Waals surface area contributed by atoms with Crippen LogP contribution in [0.4, 0.5) is 0 Å². The van der Waals surface area contributed by atoms with E-state index in [0.717, 1.165) is 77.0 Å². The van der Waals surface area contributed by atoms with Crippen LogP contribution in [0.2, 0.25) is 0 Å². The molecule has 6 unspecified atom stereocenters. The van der Waals surface area contributed by atoms with Gasteiger partial charge in [-0.25, -0.2) is 4.57 Å². The van der Waals surface area contributed by atoms with Gasteiger partial charge in [0.05, 0.1) is 13.2 Å². The first-order valence-corrected chi connectivity index (χ1v) is 21.2. The van der Waals surface area contributed by atoms with Crippen molar-refractivity contribution in [2.45, 2.75) is 191 Å². The van der Waals surface area contributed by atoms with Crippen LogP contribution in [0.5, 0.6) is 0 Å². The molecule has 300 valence electrons. The van der Waals surface area contributed by atoms with Crippen LogP contribution in [0.15, 0.2) is 24.3 Å². The van der Waals surface area contributed by atoms with Gasteiger partial charge in [-0.1, -0.05) is 109 Å². The third-order valence-electron chi connectivity index (χ3n) is 9.03. The van der Waals surface area contributed by atoms with Crippen molar-refractivity contribution in [3.8, 4) is 0 Å². The molecule has 6 N–H and O–H groups in total. The fourth-order valence-electron chi connectivity index (χ4n) is 5.82. The normalized spacial score (nSPS) is 24.3. The summed E-state index contributed by atoms with van der Waals surface area (Å²) in [7, 11) is -5.01. The molecule has 1 aliphatic rings. The smallest absolute Gasteiger partial charge is 0.457 e. The van der Waals surface area contributed by atoms with Gasteiger partial charge in [-0.15, -0.1) is 0 Å². The lowest BCUT2D eigenvalue weighted by molar-refractivity contribution is -0.220. The molecule has 51 heavy (non-hydrogen) atoms. The molecule has 13 heteroatoms. The third-order valence-corrected chi connectivity index (χ3v) is 10.0. The van der Waals surface area contributed by atoms with E-state index in [4.69, 9.17) is 18.5 Å². The van der Waals surface area contributed by atoms with Crippen LogP contribution in [0.25, 0.3) is 0 Å². The van der Waals surface area contributed by atoms with Gasteiger partial charge in [-0.3, -0.25) is 13.8 Å². The van der Waals surface area contributed by atoms with E-state index in [-0.39, 0.29) is 13.0 Å². The summed E-state index contributed by atoms with van der Waals surface area (Å²) in [6.07, 6.45) is 18.4. The Morgan fingerprint density at radius 2 is 1.08 bits per heavy atom. The number of carbonyl (C=O) groups excluding carboxylic acids is 1. The molecule has 6 atom stereocenters. The van der Waals surface area contributed by atoms with E-state index in [9.17, 15) is 39.8 Å². The minimum Gasteiger partial charge on any atom is -0.457 e. The van der Waals surface area contributed by atoms with Crippen LogP contribution in [-0.4, -0.2) is 98.9 Å². The minimum atomic E-state index is -5.01. The van der Waals surface area contributed by atoms with Crippen LogP contribution in [0, 0.1) is 0 Å². The highest BCUT2D eigenvalue weighted by molar-refractivity contribution is 7.47. The average Bonchev–Trinajstić information content (AvgIpc) is 3.11. The second-order valence-corrected chi connectivity index (χ2v) is 15.2. The molecule has 12 nitrogen and oxygen atoms in total. The maximum atomic E-state index is 12.7. The highest BCUT2D eigenvalue weighted by Gasteiger charge is 2.51. The molecule has 0 aromatic carbocycles. The molecular formula is C38H71O12P. The molecule has 0 spiro atoms. The Hall–Kier alpha value is -1.18. The number of esters is 1. The number of rotatable bonds is 32. The van der Waals surface area contributed by atoms with Gasteiger partial charge in [0.15, 0.2) is 0 Å². The number of aliphatic hydroxyl groups is 5. The first-order chi connectivity index (χ1) is 24.5. The number of phosphoric acid groups is 1. The summed E-state index contributed by atoms with van der Waals surface area (Å²) in [5.74, 6) is -0.493. The van der Waals surface area contributed by atoms with Crippen molar-refractivity contribution in [2.24, 2.45) is 0 Å². The van der Waals surface area contributed by atoms with E-state index >= 15 is 0 Å². The number of carbonyl (C=O) groups is 1. The summed E-state index contributed by atoms with van der Waals surface area (Å²) in [4.78, 5) is 23.0. The maximum absolute atomic E-state index is 12.7. The quantitative estimate of drug-likeness (QED) is 0.0188. The Bertz CT molecular complexity index is 947. The molecule has 1 fully saturated rings. The molecule has 1 saturated carbocycles. The number of hydrogen-bond acceptors (Lipinski definition) is 11. The number of aliphatic hydroxyl groups excluding tert-OH is 5. The minimum absolute atomic E-state index is 0.0830. The predicted octanol–water partition coefficient (Wildman–Crippen LogP) is 6.58. The summed E-state index contributed by atoms with van der Waals surface area (Å²) >= 11 is 0. The fourth-order valence-corrected chi connectivity index (χ4v) is 6.79. The van der Waals surface area contributed by atoms with E-state index in [2.05, 4.69) is 38.2 Å². The molecule has 0 saturated heterocycles. The van der Waals surface area contributed by atoms with Crippen LogP contribution >= 0.6 is 7.82 Å². The van der Waals surface area contributed by atoms with Crippen LogP contribution in [-0.2, 0) is 27.9 Å². The van der Waals surface area contributed by atoms with Crippen LogP contribution in [0.1, 0.15) is 149 Å². The zero-order valence-electron chi connectivity index (χ0n) is 31.4. The number of phosphoric ester groups is 1. The van der Waals surface area contributed by atoms with E-state index in [1.165, 1.54) is 44.9 Å². The highest BCUT2D eigenvalue weighted by atomic mass is 31.2. The van der Waals surface area contributed by atoms with Crippen molar-refractivity contribution in [3.63, 3.8) is 0 Å². The third kappa shape index (κ3) is 23.3. The zero-order valence-corrected chi connectivity index (χ0v) is 32.3. The van der Waals surface area contributed by atoms with Crippen molar-refractivity contribution in [1.82, 2.24) is 0 Å². The van der Waals surface area contributed by atoms with Gasteiger partial charge in [0, 0.05) is 13.0 Å². The van der Waals surface area contributed by atoms with Crippen molar-refractivity contribution in [1.29, 1.82) is 0 Å². The van der Waals surface area contributed by atoms with Gasteiger partial charge in [0.25, 0.3) is 0 Å². The number of hydrogen-bond donors (Lipinski definition) is 6. The molecule has 0 aliphatic heterocycles. The molecule has 1 rings (SSSR count).